The van der Waals surface area contributed by atoms with E-state index in [1.165, 1.54) is 22.0 Å². The van der Waals surface area contributed by atoms with Gasteiger partial charge in [-0.1, -0.05) is 0 Å². The summed E-state index contributed by atoms with van der Waals surface area (Å²) in [7, 11) is 7.56. The van der Waals surface area contributed by atoms with Crippen molar-refractivity contribution in [2.45, 2.75) is 0 Å². The maximum Gasteiger partial charge on any atom is 0.120 e. The van der Waals surface area contributed by atoms with Crippen LogP contribution in [0.5, 0.6) is 11.5 Å². The monoisotopic (exact) mass is 320 g/mol. The Morgan fingerprint density at radius 3 is 2.17 bits per heavy atom. The fraction of sp³-hybridized carbons (Fsp3) is 0.200. The van der Waals surface area contributed by atoms with Crippen LogP contribution in [0.1, 0.15) is 0 Å². The van der Waals surface area contributed by atoms with Crippen molar-refractivity contribution < 1.29 is 9.47 Å². The van der Waals surface area contributed by atoms with Gasteiger partial charge in [-0.15, -0.1) is 0 Å². The van der Waals surface area contributed by atoms with Crippen molar-refractivity contribution in [2.24, 2.45) is 14.1 Å². The van der Waals surface area contributed by atoms with Gasteiger partial charge in [0.15, 0.2) is 0 Å². The summed E-state index contributed by atoms with van der Waals surface area (Å²) in [5.41, 5.74) is 4.73. The highest BCUT2D eigenvalue weighted by molar-refractivity contribution is 5.99. The molecule has 0 radical (unpaired) electrons. The molecule has 0 atom stereocenters. The second-order valence-electron chi connectivity index (χ2n) is 6.05. The van der Waals surface area contributed by atoms with Crippen LogP contribution in [0.15, 0.2) is 48.7 Å². The lowest BCUT2D eigenvalue weighted by molar-refractivity contribution is 0.415. The molecule has 4 heteroatoms. The van der Waals surface area contributed by atoms with Crippen molar-refractivity contribution in [3.63, 3.8) is 0 Å². The summed E-state index contributed by atoms with van der Waals surface area (Å²) in [6.07, 6.45) is 2.18. The molecule has 2 heterocycles. The van der Waals surface area contributed by atoms with Crippen LogP contribution in [-0.2, 0) is 14.1 Å². The molecule has 0 aliphatic rings. The van der Waals surface area contributed by atoms with E-state index >= 15 is 0 Å². The molecule has 4 rings (SSSR count). The lowest BCUT2D eigenvalue weighted by Gasteiger charge is -2.05. The summed E-state index contributed by atoms with van der Waals surface area (Å²) in [4.78, 5) is 0. The summed E-state index contributed by atoms with van der Waals surface area (Å²) in [6, 6.07) is 14.6. The van der Waals surface area contributed by atoms with Crippen LogP contribution < -0.4 is 9.47 Å². The smallest absolute Gasteiger partial charge is 0.120 e. The van der Waals surface area contributed by atoms with E-state index in [2.05, 4.69) is 59.8 Å². The van der Waals surface area contributed by atoms with Crippen molar-refractivity contribution in [3.8, 4) is 22.8 Å². The third-order valence-electron chi connectivity index (χ3n) is 4.73. The summed E-state index contributed by atoms with van der Waals surface area (Å²) in [5.74, 6) is 1.75. The van der Waals surface area contributed by atoms with Gasteiger partial charge >= 0.3 is 0 Å². The number of nitrogens with zero attached hydrogens (tertiary/aromatic N) is 2. The van der Waals surface area contributed by atoms with Crippen LogP contribution in [0.25, 0.3) is 33.1 Å². The lowest BCUT2D eigenvalue weighted by Crippen LogP contribution is -1.91. The van der Waals surface area contributed by atoms with Gasteiger partial charge in [-0.3, -0.25) is 0 Å². The van der Waals surface area contributed by atoms with Gasteiger partial charge in [0, 0.05) is 48.8 Å². The molecule has 0 N–H and O–H groups in total. The van der Waals surface area contributed by atoms with Crippen molar-refractivity contribution in [1.82, 2.24) is 9.13 Å². The van der Waals surface area contributed by atoms with Gasteiger partial charge in [-0.25, -0.2) is 0 Å². The highest BCUT2D eigenvalue weighted by Gasteiger charge is 2.14. The Morgan fingerprint density at radius 2 is 1.46 bits per heavy atom. The topological polar surface area (TPSA) is 28.3 Å². The normalized spacial score (nSPS) is 11.3. The third kappa shape index (κ3) is 2.07. The first-order valence-electron chi connectivity index (χ1n) is 7.89. The first kappa shape index (κ1) is 14.7. The predicted octanol–water partition coefficient (Wildman–Crippen LogP) is 4.35. The van der Waals surface area contributed by atoms with Crippen LogP contribution in [0.4, 0.5) is 0 Å². The Bertz CT molecular complexity index is 1060. The number of methoxy groups -OCH3 is 2. The molecule has 0 aliphatic carbocycles. The van der Waals surface area contributed by atoms with Crippen molar-refractivity contribution in [1.29, 1.82) is 0 Å². The Hall–Kier alpha value is -2.88. The number of aromatic nitrogens is 2. The van der Waals surface area contributed by atoms with Crippen molar-refractivity contribution >= 4 is 21.8 Å². The first-order chi connectivity index (χ1) is 11.6. The van der Waals surface area contributed by atoms with Crippen LogP contribution in [0.2, 0.25) is 0 Å². The van der Waals surface area contributed by atoms with Gasteiger partial charge in [-0.05, 0) is 30.3 Å². The quantitative estimate of drug-likeness (QED) is 0.561. The maximum absolute atomic E-state index is 5.36. The average molecular weight is 320 g/mol. The number of fused-ring (bicyclic) bond motifs is 2. The summed E-state index contributed by atoms with van der Waals surface area (Å²) in [6.45, 7) is 0. The molecule has 0 bridgehead atoms. The van der Waals surface area contributed by atoms with Gasteiger partial charge in [0.2, 0.25) is 0 Å². The Labute approximate surface area is 140 Å². The van der Waals surface area contributed by atoms with Gasteiger partial charge in [-0.2, -0.15) is 0 Å². The molecule has 2 aromatic heterocycles. The number of aryl methyl sites for hydroxylation is 2. The van der Waals surface area contributed by atoms with Crippen LogP contribution in [-0.4, -0.2) is 23.4 Å². The van der Waals surface area contributed by atoms with Gasteiger partial charge in [0.05, 0.1) is 30.9 Å². The third-order valence-corrected chi connectivity index (χ3v) is 4.73. The lowest BCUT2D eigenvalue weighted by atomic mass is 10.1. The zero-order valence-corrected chi connectivity index (χ0v) is 14.3. The minimum absolute atomic E-state index is 0.872. The van der Waals surface area contributed by atoms with E-state index in [4.69, 9.17) is 9.47 Å². The molecule has 0 saturated carbocycles. The molecule has 4 nitrogen and oxygen atoms in total. The largest absolute Gasteiger partial charge is 0.497 e. The molecule has 0 unspecified atom stereocenters. The van der Waals surface area contributed by atoms with Gasteiger partial charge in [0.1, 0.15) is 11.5 Å². The Kier molecular flexibility index (Phi) is 3.27. The highest BCUT2D eigenvalue weighted by atomic mass is 16.5. The number of ether oxygens (including phenoxy) is 2. The summed E-state index contributed by atoms with van der Waals surface area (Å²) in [5, 5.41) is 2.43. The minimum Gasteiger partial charge on any atom is -0.497 e. The fourth-order valence-electron chi connectivity index (χ4n) is 3.39. The molecule has 0 amide bonds. The predicted molar refractivity (Wildman–Crippen MR) is 97.9 cm³/mol. The standard InChI is InChI=1S/C20H20N2O2/c1-21-12-17(16-8-7-15(24-4)11-19(16)21)20-9-13-5-6-14(23-3)10-18(13)22(20)2/h5-12H,1-4H3. The molecule has 0 aliphatic heterocycles. The van der Waals surface area contributed by atoms with E-state index in [1.807, 2.05) is 12.1 Å². The average Bonchev–Trinajstić information content (AvgIpc) is 3.11. The fourth-order valence-corrected chi connectivity index (χ4v) is 3.39. The number of benzene rings is 2. The number of hydrogen-bond acceptors (Lipinski definition) is 2. The van der Waals surface area contributed by atoms with Gasteiger partial charge in [0.25, 0.3) is 0 Å². The molecular formula is C20H20N2O2. The summed E-state index contributed by atoms with van der Waals surface area (Å²) >= 11 is 0. The van der Waals surface area contributed by atoms with Crippen LogP contribution in [0, 0.1) is 0 Å². The van der Waals surface area contributed by atoms with E-state index in [0.29, 0.717) is 0 Å². The van der Waals surface area contributed by atoms with Crippen molar-refractivity contribution in [2.75, 3.05) is 14.2 Å². The molecule has 0 spiro atoms. The SMILES string of the molecule is COc1ccc2c(-c3cc4ccc(OC)cc4n3C)cn(C)c2c1. The molecule has 24 heavy (non-hydrogen) atoms. The van der Waals surface area contributed by atoms with Crippen LogP contribution in [0.3, 0.4) is 0 Å². The zero-order valence-electron chi connectivity index (χ0n) is 14.3. The Balaban J connectivity index is 1.97. The maximum atomic E-state index is 5.36. The number of hydrogen-bond donors (Lipinski definition) is 0. The van der Waals surface area contributed by atoms with Gasteiger partial charge < -0.3 is 18.6 Å². The zero-order chi connectivity index (χ0) is 16.8. The second-order valence-corrected chi connectivity index (χ2v) is 6.05. The second kappa shape index (κ2) is 5.34. The molecule has 122 valence electrons. The number of rotatable bonds is 3. The molecular weight excluding hydrogens is 300 g/mol. The van der Waals surface area contributed by atoms with E-state index < -0.39 is 0 Å². The Morgan fingerprint density at radius 1 is 0.792 bits per heavy atom. The van der Waals surface area contributed by atoms with Crippen molar-refractivity contribution in [3.05, 3.63) is 48.7 Å². The molecule has 0 saturated heterocycles. The van der Waals surface area contributed by atoms with E-state index in [9.17, 15) is 0 Å². The molecule has 4 aromatic rings. The van der Waals surface area contributed by atoms with Crippen LogP contribution >= 0.6 is 0 Å². The van der Waals surface area contributed by atoms with E-state index in [1.54, 1.807) is 14.2 Å². The minimum atomic E-state index is 0.872. The van der Waals surface area contributed by atoms with E-state index in [-0.39, 0.29) is 0 Å². The highest BCUT2D eigenvalue weighted by Crippen LogP contribution is 2.35. The molecule has 2 aromatic carbocycles. The molecule has 0 fully saturated rings. The summed E-state index contributed by atoms with van der Waals surface area (Å²) < 4.78 is 15.1. The first-order valence-corrected chi connectivity index (χ1v) is 7.89. The van der Waals surface area contributed by atoms with E-state index in [0.717, 1.165) is 22.5 Å².